The predicted molar refractivity (Wildman–Crippen MR) is 130 cm³/mol. The largest absolute Gasteiger partial charge is 0.352 e. The predicted octanol–water partition coefficient (Wildman–Crippen LogP) is 3.94. The van der Waals surface area contributed by atoms with E-state index in [1.54, 1.807) is 0 Å². The lowest BCUT2D eigenvalue weighted by Crippen LogP contribution is -2.51. The zero-order chi connectivity index (χ0) is 23.1. The minimum atomic E-state index is -0.582. The Balaban J connectivity index is 1.62. The van der Waals surface area contributed by atoms with Gasteiger partial charge < -0.3 is 15.5 Å². The van der Waals surface area contributed by atoms with Crippen molar-refractivity contribution in [1.82, 2.24) is 15.5 Å². The van der Waals surface area contributed by atoms with E-state index >= 15 is 0 Å². The molecule has 3 aromatic rings. The number of fused-ring (bicyclic) bond motifs is 1. The summed E-state index contributed by atoms with van der Waals surface area (Å²) in [4.78, 5) is 27.8. The van der Waals surface area contributed by atoms with Crippen molar-refractivity contribution in [3.63, 3.8) is 0 Å². The van der Waals surface area contributed by atoms with Gasteiger partial charge in [-0.3, -0.25) is 9.59 Å². The van der Waals surface area contributed by atoms with E-state index in [4.69, 9.17) is 0 Å². The van der Waals surface area contributed by atoms with E-state index in [1.165, 1.54) is 0 Å². The number of likely N-dealkylation sites (N-methyl/N-ethyl adjacent to an activating group) is 1. The number of nitrogens with zero attached hydrogens (tertiary/aromatic N) is 1. The molecule has 32 heavy (non-hydrogen) atoms. The Bertz CT molecular complexity index is 1050. The van der Waals surface area contributed by atoms with Crippen molar-refractivity contribution in [3.8, 4) is 0 Å². The standard InChI is InChI=1S/C27H33N3O2/c1-19(2)26(27(32)28-18-24(30(3)4)22-11-6-5-7-12-22)29-25(31)17-20-14-15-21-10-8-9-13-23(21)16-20/h5-16,19,24,26H,17-18H2,1-4H3,(H,28,32)(H,29,31). The Morgan fingerprint density at radius 3 is 2.19 bits per heavy atom. The number of hydrogen-bond acceptors (Lipinski definition) is 3. The molecule has 2 unspecified atom stereocenters. The molecule has 3 rings (SSSR count). The summed E-state index contributed by atoms with van der Waals surface area (Å²) in [5, 5.41) is 8.23. The average molecular weight is 432 g/mol. The molecule has 0 fully saturated rings. The SMILES string of the molecule is CC(C)C(NC(=O)Cc1ccc2ccccc2c1)C(=O)NCC(c1ccccc1)N(C)C. The third-order valence-electron chi connectivity index (χ3n) is 5.72. The summed E-state index contributed by atoms with van der Waals surface area (Å²) in [6, 6.07) is 23.7. The van der Waals surface area contributed by atoms with Crippen LogP contribution in [0.2, 0.25) is 0 Å². The molecule has 0 spiro atoms. The normalized spacial score (nSPS) is 13.2. The topological polar surface area (TPSA) is 61.4 Å². The first-order valence-electron chi connectivity index (χ1n) is 11.1. The van der Waals surface area contributed by atoms with Crippen molar-refractivity contribution in [2.45, 2.75) is 32.4 Å². The molecule has 5 heteroatoms. The molecule has 0 saturated heterocycles. The number of benzene rings is 3. The van der Waals surface area contributed by atoms with Crippen LogP contribution < -0.4 is 10.6 Å². The average Bonchev–Trinajstić information content (AvgIpc) is 2.77. The van der Waals surface area contributed by atoms with E-state index in [9.17, 15) is 9.59 Å². The van der Waals surface area contributed by atoms with Gasteiger partial charge in [-0.2, -0.15) is 0 Å². The van der Waals surface area contributed by atoms with Gasteiger partial charge in [0.1, 0.15) is 6.04 Å². The molecule has 168 valence electrons. The Morgan fingerprint density at radius 1 is 0.875 bits per heavy atom. The van der Waals surface area contributed by atoms with Crippen molar-refractivity contribution >= 4 is 22.6 Å². The van der Waals surface area contributed by atoms with Gasteiger partial charge in [0.05, 0.1) is 12.5 Å². The summed E-state index contributed by atoms with van der Waals surface area (Å²) in [6.07, 6.45) is 0.242. The molecule has 0 bridgehead atoms. The van der Waals surface area contributed by atoms with Gasteiger partial charge in [0.25, 0.3) is 0 Å². The van der Waals surface area contributed by atoms with Crippen LogP contribution in [0.25, 0.3) is 10.8 Å². The molecule has 0 radical (unpaired) electrons. The van der Waals surface area contributed by atoms with Gasteiger partial charge in [-0.15, -0.1) is 0 Å². The molecule has 0 heterocycles. The van der Waals surface area contributed by atoms with Crippen LogP contribution in [-0.4, -0.2) is 43.4 Å². The zero-order valence-electron chi connectivity index (χ0n) is 19.3. The Labute approximate surface area is 190 Å². The van der Waals surface area contributed by atoms with Gasteiger partial charge in [-0.05, 0) is 41.9 Å². The van der Waals surface area contributed by atoms with Crippen molar-refractivity contribution in [2.24, 2.45) is 5.92 Å². The Morgan fingerprint density at radius 2 is 1.53 bits per heavy atom. The molecule has 2 amide bonds. The van der Waals surface area contributed by atoms with Gasteiger partial charge in [0.2, 0.25) is 11.8 Å². The van der Waals surface area contributed by atoms with E-state index in [0.717, 1.165) is 21.9 Å². The number of nitrogens with one attached hydrogen (secondary N) is 2. The van der Waals surface area contributed by atoms with Crippen LogP contribution in [0.15, 0.2) is 72.8 Å². The third-order valence-corrected chi connectivity index (χ3v) is 5.72. The molecular weight excluding hydrogens is 398 g/mol. The molecular formula is C27H33N3O2. The van der Waals surface area contributed by atoms with Crippen LogP contribution in [0.3, 0.4) is 0 Å². The molecule has 0 aliphatic carbocycles. The van der Waals surface area contributed by atoms with Crippen LogP contribution in [0, 0.1) is 5.92 Å². The molecule has 2 atom stereocenters. The smallest absolute Gasteiger partial charge is 0.242 e. The van der Waals surface area contributed by atoms with Crippen LogP contribution in [0.5, 0.6) is 0 Å². The molecule has 0 aliphatic heterocycles. The molecule has 2 N–H and O–H groups in total. The zero-order valence-corrected chi connectivity index (χ0v) is 19.3. The third kappa shape index (κ3) is 6.17. The fraction of sp³-hybridized carbons (Fsp3) is 0.333. The summed E-state index contributed by atoms with van der Waals surface area (Å²) >= 11 is 0. The fourth-order valence-corrected chi connectivity index (χ4v) is 3.87. The molecule has 5 nitrogen and oxygen atoms in total. The highest BCUT2D eigenvalue weighted by Gasteiger charge is 2.25. The lowest BCUT2D eigenvalue weighted by Gasteiger charge is -2.27. The summed E-state index contributed by atoms with van der Waals surface area (Å²) in [5.74, 6) is -0.332. The van der Waals surface area contributed by atoms with Crippen molar-refractivity contribution in [2.75, 3.05) is 20.6 Å². The maximum absolute atomic E-state index is 13.0. The van der Waals surface area contributed by atoms with Crippen LogP contribution in [0.1, 0.15) is 31.0 Å². The van der Waals surface area contributed by atoms with Crippen molar-refractivity contribution in [3.05, 3.63) is 83.9 Å². The van der Waals surface area contributed by atoms with Gasteiger partial charge in [-0.1, -0.05) is 86.6 Å². The number of amides is 2. The van der Waals surface area contributed by atoms with Gasteiger partial charge in [-0.25, -0.2) is 0 Å². The second-order valence-electron chi connectivity index (χ2n) is 8.78. The van der Waals surface area contributed by atoms with Gasteiger partial charge in [0, 0.05) is 6.54 Å². The summed E-state index contributed by atoms with van der Waals surface area (Å²) < 4.78 is 0. The molecule has 0 saturated carbocycles. The lowest BCUT2D eigenvalue weighted by atomic mass is 10.0. The second kappa shape index (κ2) is 10.9. The van der Waals surface area contributed by atoms with Gasteiger partial charge in [0.15, 0.2) is 0 Å². The van der Waals surface area contributed by atoms with E-state index in [2.05, 4.69) is 33.7 Å². The highest BCUT2D eigenvalue weighted by atomic mass is 16.2. The first-order chi connectivity index (χ1) is 15.3. The first-order valence-corrected chi connectivity index (χ1v) is 11.1. The van der Waals surface area contributed by atoms with Crippen LogP contribution in [-0.2, 0) is 16.0 Å². The summed E-state index contributed by atoms with van der Waals surface area (Å²) in [5.41, 5.74) is 2.07. The first kappa shape index (κ1) is 23.5. The number of hydrogen-bond donors (Lipinski definition) is 2. The summed E-state index contributed by atoms with van der Waals surface area (Å²) in [6.45, 7) is 4.36. The lowest BCUT2D eigenvalue weighted by molar-refractivity contribution is -0.129. The highest BCUT2D eigenvalue weighted by Crippen LogP contribution is 2.18. The van der Waals surface area contributed by atoms with Gasteiger partial charge >= 0.3 is 0 Å². The molecule has 0 aromatic heterocycles. The van der Waals surface area contributed by atoms with E-state index < -0.39 is 6.04 Å². The monoisotopic (exact) mass is 431 g/mol. The van der Waals surface area contributed by atoms with E-state index in [1.807, 2.05) is 82.5 Å². The van der Waals surface area contributed by atoms with Crippen LogP contribution >= 0.6 is 0 Å². The highest BCUT2D eigenvalue weighted by molar-refractivity contribution is 5.89. The maximum atomic E-state index is 13.0. The van der Waals surface area contributed by atoms with E-state index in [0.29, 0.717) is 6.54 Å². The molecule has 0 aliphatic rings. The summed E-state index contributed by atoms with van der Waals surface area (Å²) in [7, 11) is 3.99. The Hall–Kier alpha value is -3.18. The number of carbonyl (C=O) groups excluding carboxylic acids is 2. The van der Waals surface area contributed by atoms with Crippen molar-refractivity contribution in [1.29, 1.82) is 0 Å². The van der Waals surface area contributed by atoms with E-state index in [-0.39, 0.29) is 30.2 Å². The second-order valence-corrected chi connectivity index (χ2v) is 8.78. The quantitative estimate of drug-likeness (QED) is 0.539. The minimum absolute atomic E-state index is 0.0231. The number of carbonyl (C=O) groups is 2. The fourth-order valence-electron chi connectivity index (χ4n) is 3.87. The Kier molecular flexibility index (Phi) is 8.01. The maximum Gasteiger partial charge on any atom is 0.242 e. The minimum Gasteiger partial charge on any atom is -0.352 e. The molecule has 3 aromatic carbocycles. The van der Waals surface area contributed by atoms with Crippen LogP contribution in [0.4, 0.5) is 0 Å². The van der Waals surface area contributed by atoms with Crippen molar-refractivity contribution < 1.29 is 9.59 Å². The number of rotatable bonds is 9.